The Kier molecular flexibility index (Phi) is 6.01. The van der Waals surface area contributed by atoms with Gasteiger partial charge in [-0.15, -0.1) is 0 Å². The van der Waals surface area contributed by atoms with E-state index in [1.807, 2.05) is 13.1 Å². The molecule has 0 saturated heterocycles. The van der Waals surface area contributed by atoms with Crippen molar-refractivity contribution in [3.63, 3.8) is 0 Å². The molecule has 112 valence electrons. The molecule has 0 aliphatic heterocycles. The number of benzene rings is 1. The highest BCUT2D eigenvalue weighted by atomic mass is 35.5. The molecule has 0 atom stereocenters. The SMILES string of the molecule is CCC1CCC(Oc2c(Cl)cc(Cl)cc2CNC)CC1. The summed E-state index contributed by atoms with van der Waals surface area (Å²) in [6.07, 6.45) is 6.32. The molecule has 0 radical (unpaired) electrons. The summed E-state index contributed by atoms with van der Waals surface area (Å²) < 4.78 is 6.19. The van der Waals surface area contributed by atoms with Crippen LogP contribution >= 0.6 is 23.2 Å². The largest absolute Gasteiger partial charge is 0.489 e. The molecule has 0 bridgehead atoms. The smallest absolute Gasteiger partial charge is 0.142 e. The Labute approximate surface area is 131 Å². The van der Waals surface area contributed by atoms with Crippen molar-refractivity contribution >= 4 is 23.2 Å². The first-order valence-electron chi connectivity index (χ1n) is 7.43. The number of rotatable bonds is 5. The summed E-state index contributed by atoms with van der Waals surface area (Å²) in [4.78, 5) is 0. The van der Waals surface area contributed by atoms with Gasteiger partial charge in [0.05, 0.1) is 11.1 Å². The highest BCUT2D eigenvalue weighted by Gasteiger charge is 2.23. The third-order valence-electron chi connectivity index (χ3n) is 4.11. The Hall–Kier alpha value is -0.440. The van der Waals surface area contributed by atoms with Crippen LogP contribution in [0, 0.1) is 5.92 Å². The summed E-state index contributed by atoms with van der Waals surface area (Å²) in [5.74, 6) is 1.66. The number of hydrogen-bond acceptors (Lipinski definition) is 2. The van der Waals surface area contributed by atoms with Gasteiger partial charge in [0.25, 0.3) is 0 Å². The van der Waals surface area contributed by atoms with Gasteiger partial charge >= 0.3 is 0 Å². The molecule has 0 unspecified atom stereocenters. The van der Waals surface area contributed by atoms with Crippen molar-refractivity contribution in [3.8, 4) is 5.75 Å². The lowest BCUT2D eigenvalue weighted by Gasteiger charge is -2.29. The molecule has 1 fully saturated rings. The van der Waals surface area contributed by atoms with Gasteiger partial charge in [-0.1, -0.05) is 36.5 Å². The lowest BCUT2D eigenvalue weighted by molar-refractivity contribution is 0.129. The van der Waals surface area contributed by atoms with E-state index >= 15 is 0 Å². The van der Waals surface area contributed by atoms with Gasteiger partial charge in [-0.2, -0.15) is 0 Å². The fourth-order valence-corrected chi connectivity index (χ4v) is 3.47. The third-order valence-corrected chi connectivity index (χ3v) is 4.61. The highest BCUT2D eigenvalue weighted by molar-refractivity contribution is 6.35. The van der Waals surface area contributed by atoms with Crippen LogP contribution in [-0.2, 0) is 6.54 Å². The second-order valence-electron chi connectivity index (χ2n) is 5.58. The van der Waals surface area contributed by atoms with Gasteiger partial charge in [0.2, 0.25) is 0 Å². The van der Waals surface area contributed by atoms with E-state index in [4.69, 9.17) is 27.9 Å². The van der Waals surface area contributed by atoms with E-state index in [2.05, 4.69) is 12.2 Å². The van der Waals surface area contributed by atoms with E-state index in [1.54, 1.807) is 6.07 Å². The molecule has 2 nitrogen and oxygen atoms in total. The zero-order chi connectivity index (χ0) is 14.5. The van der Waals surface area contributed by atoms with E-state index in [0.29, 0.717) is 16.6 Å². The summed E-state index contributed by atoms with van der Waals surface area (Å²) in [6, 6.07) is 3.69. The summed E-state index contributed by atoms with van der Waals surface area (Å²) >= 11 is 12.4. The maximum Gasteiger partial charge on any atom is 0.142 e. The second kappa shape index (κ2) is 7.53. The summed E-state index contributed by atoms with van der Waals surface area (Å²) in [7, 11) is 1.91. The van der Waals surface area contributed by atoms with Gasteiger partial charge in [0.15, 0.2) is 0 Å². The average molecular weight is 316 g/mol. The predicted octanol–water partition coefficient (Wildman–Crippen LogP) is 5.06. The van der Waals surface area contributed by atoms with E-state index in [-0.39, 0.29) is 6.10 Å². The van der Waals surface area contributed by atoms with Crippen molar-refractivity contribution < 1.29 is 4.74 Å². The van der Waals surface area contributed by atoms with E-state index in [1.165, 1.54) is 19.3 Å². The van der Waals surface area contributed by atoms with Gasteiger partial charge in [-0.25, -0.2) is 0 Å². The molecular formula is C16H23Cl2NO. The molecule has 0 aromatic heterocycles. The van der Waals surface area contributed by atoms with Crippen LogP contribution in [0.5, 0.6) is 5.75 Å². The first-order valence-corrected chi connectivity index (χ1v) is 8.18. The molecule has 20 heavy (non-hydrogen) atoms. The van der Waals surface area contributed by atoms with E-state index in [0.717, 1.165) is 30.1 Å². The van der Waals surface area contributed by atoms with Crippen molar-refractivity contribution in [1.29, 1.82) is 0 Å². The van der Waals surface area contributed by atoms with Gasteiger partial charge in [-0.05, 0) is 50.8 Å². The Morgan fingerprint density at radius 1 is 1.20 bits per heavy atom. The first-order chi connectivity index (χ1) is 9.63. The molecule has 0 spiro atoms. The number of halogens is 2. The standard InChI is InChI=1S/C16H23Cl2NO/c1-3-11-4-6-14(7-5-11)20-16-12(10-19-2)8-13(17)9-15(16)18/h8-9,11,14,19H,3-7,10H2,1-2H3. The molecular weight excluding hydrogens is 293 g/mol. The summed E-state index contributed by atoms with van der Waals surface area (Å²) in [5, 5.41) is 4.40. The molecule has 1 aromatic rings. The maximum atomic E-state index is 6.31. The van der Waals surface area contributed by atoms with Crippen LogP contribution in [0.4, 0.5) is 0 Å². The molecule has 2 rings (SSSR count). The van der Waals surface area contributed by atoms with Crippen LogP contribution in [0.2, 0.25) is 10.0 Å². The van der Waals surface area contributed by atoms with Gasteiger partial charge in [-0.3, -0.25) is 0 Å². The van der Waals surface area contributed by atoms with Crippen molar-refractivity contribution in [3.05, 3.63) is 27.7 Å². The lowest BCUT2D eigenvalue weighted by atomic mass is 9.86. The number of hydrogen-bond donors (Lipinski definition) is 1. The Morgan fingerprint density at radius 2 is 1.90 bits per heavy atom. The van der Waals surface area contributed by atoms with Gasteiger partial charge in [0, 0.05) is 17.1 Å². The maximum absolute atomic E-state index is 6.31. The van der Waals surface area contributed by atoms with Crippen molar-refractivity contribution in [2.45, 2.75) is 51.7 Å². The minimum absolute atomic E-state index is 0.284. The van der Waals surface area contributed by atoms with Crippen LogP contribution in [0.1, 0.15) is 44.6 Å². The number of nitrogens with one attached hydrogen (secondary N) is 1. The Bertz CT molecular complexity index is 442. The second-order valence-corrected chi connectivity index (χ2v) is 6.42. The molecule has 4 heteroatoms. The molecule has 1 aromatic carbocycles. The van der Waals surface area contributed by atoms with Crippen LogP contribution in [-0.4, -0.2) is 13.2 Å². The van der Waals surface area contributed by atoms with Crippen molar-refractivity contribution in [2.24, 2.45) is 5.92 Å². The van der Waals surface area contributed by atoms with Crippen LogP contribution in [0.25, 0.3) is 0 Å². The molecule has 0 heterocycles. The Morgan fingerprint density at radius 3 is 2.50 bits per heavy atom. The third kappa shape index (κ3) is 4.03. The van der Waals surface area contributed by atoms with Gasteiger partial charge in [0.1, 0.15) is 5.75 Å². The lowest BCUT2D eigenvalue weighted by Crippen LogP contribution is -2.24. The zero-order valence-corrected chi connectivity index (χ0v) is 13.7. The molecule has 0 amide bonds. The van der Waals surface area contributed by atoms with Crippen LogP contribution in [0.3, 0.4) is 0 Å². The summed E-state index contributed by atoms with van der Waals surface area (Å²) in [6.45, 7) is 2.98. The van der Waals surface area contributed by atoms with E-state index < -0.39 is 0 Å². The van der Waals surface area contributed by atoms with Crippen LogP contribution in [0.15, 0.2) is 12.1 Å². The average Bonchev–Trinajstić information content (AvgIpc) is 2.43. The fourth-order valence-electron chi connectivity index (χ4n) is 2.89. The predicted molar refractivity (Wildman–Crippen MR) is 85.9 cm³/mol. The highest BCUT2D eigenvalue weighted by Crippen LogP contribution is 2.36. The zero-order valence-electron chi connectivity index (χ0n) is 12.2. The van der Waals surface area contributed by atoms with Crippen LogP contribution < -0.4 is 10.1 Å². The first kappa shape index (κ1) is 15.9. The van der Waals surface area contributed by atoms with E-state index in [9.17, 15) is 0 Å². The van der Waals surface area contributed by atoms with Crippen molar-refractivity contribution in [2.75, 3.05) is 7.05 Å². The minimum atomic E-state index is 0.284. The van der Waals surface area contributed by atoms with Gasteiger partial charge < -0.3 is 10.1 Å². The Balaban J connectivity index is 2.08. The molecule has 1 aliphatic carbocycles. The normalized spacial score (nSPS) is 22.8. The topological polar surface area (TPSA) is 21.3 Å². The molecule has 1 aliphatic rings. The molecule has 1 saturated carbocycles. The minimum Gasteiger partial charge on any atom is -0.489 e. The molecule has 1 N–H and O–H groups in total. The monoisotopic (exact) mass is 315 g/mol. The fraction of sp³-hybridized carbons (Fsp3) is 0.625. The number of ether oxygens (including phenoxy) is 1. The van der Waals surface area contributed by atoms with Crippen molar-refractivity contribution in [1.82, 2.24) is 5.32 Å². The quantitative estimate of drug-likeness (QED) is 0.820. The summed E-state index contributed by atoms with van der Waals surface area (Å²) in [5.41, 5.74) is 1.03.